The Kier molecular flexibility index (Phi) is 4.75. The summed E-state index contributed by atoms with van der Waals surface area (Å²) in [5.41, 5.74) is 4.26. The van der Waals surface area contributed by atoms with E-state index in [1.54, 1.807) is 18.7 Å². The van der Waals surface area contributed by atoms with Gasteiger partial charge in [-0.1, -0.05) is 12.1 Å². The predicted octanol–water partition coefficient (Wildman–Crippen LogP) is 3.67. The molecule has 1 N–H and O–H groups in total. The van der Waals surface area contributed by atoms with Crippen molar-refractivity contribution in [1.82, 2.24) is 34.1 Å². The molecule has 0 unspecified atom stereocenters. The molecule has 0 radical (unpaired) electrons. The van der Waals surface area contributed by atoms with Crippen LogP contribution in [-0.4, -0.2) is 47.1 Å². The second kappa shape index (κ2) is 7.80. The fourth-order valence-corrected chi connectivity index (χ4v) is 5.15. The zero-order valence-electron chi connectivity index (χ0n) is 17.9. The lowest BCUT2D eigenvalue weighted by molar-refractivity contribution is 0.395. The number of para-hydroxylation sites is 2. The van der Waals surface area contributed by atoms with Crippen LogP contribution >= 0.6 is 15.9 Å². The number of aromatic amines is 1. The van der Waals surface area contributed by atoms with Crippen molar-refractivity contribution in [2.75, 3.05) is 18.0 Å². The van der Waals surface area contributed by atoms with E-state index in [4.69, 9.17) is 4.98 Å². The Morgan fingerprint density at radius 1 is 1.12 bits per heavy atom. The van der Waals surface area contributed by atoms with Gasteiger partial charge < -0.3 is 14.5 Å². The first kappa shape index (κ1) is 20.1. The van der Waals surface area contributed by atoms with Gasteiger partial charge in [0.2, 0.25) is 0 Å². The monoisotopic (exact) mass is 504 g/mol. The number of pyridine rings is 1. The number of piperidine rings is 1. The van der Waals surface area contributed by atoms with E-state index < -0.39 is 0 Å². The van der Waals surface area contributed by atoms with E-state index in [1.165, 1.54) is 0 Å². The lowest BCUT2D eigenvalue weighted by Crippen LogP contribution is -2.37. The Hall–Kier alpha value is -3.53. The molecule has 9 nitrogen and oxygen atoms in total. The number of rotatable bonds is 3. The summed E-state index contributed by atoms with van der Waals surface area (Å²) in [6.07, 6.45) is 6.84. The molecule has 33 heavy (non-hydrogen) atoms. The highest BCUT2D eigenvalue weighted by Gasteiger charge is 2.26. The van der Waals surface area contributed by atoms with E-state index in [-0.39, 0.29) is 11.7 Å². The number of nitrogens with zero attached hydrogens (tertiary/aromatic N) is 7. The number of nitrogens with one attached hydrogen (secondary N) is 1. The average Bonchev–Trinajstić information content (AvgIpc) is 3.35. The minimum Gasteiger partial charge on any atom is -0.355 e. The van der Waals surface area contributed by atoms with Crippen LogP contribution in [0.3, 0.4) is 0 Å². The maximum Gasteiger partial charge on any atom is 0.326 e. The SMILES string of the molecule is Cn1c(-c2cncc(Br)c2)nc2c(N3CCC(n4c(=O)[nH]c5ccccc54)CC3)ncnc21. The Balaban J connectivity index is 1.32. The molecule has 0 spiro atoms. The molecule has 5 aromatic rings. The standard InChI is InChI=1S/C23H21BrN8O/c1-30-20(14-10-15(24)12-25-11-14)29-19-21(30)26-13-27-22(19)31-8-6-16(7-9-31)32-18-5-3-2-4-17(18)28-23(32)33/h2-5,10-13,16H,6-9H2,1H3,(H,28,33). The van der Waals surface area contributed by atoms with Crippen LogP contribution in [0.2, 0.25) is 0 Å². The molecule has 0 bridgehead atoms. The van der Waals surface area contributed by atoms with Crippen LogP contribution in [0.5, 0.6) is 0 Å². The molecule has 10 heteroatoms. The number of anilines is 1. The summed E-state index contributed by atoms with van der Waals surface area (Å²) in [5.74, 6) is 1.62. The van der Waals surface area contributed by atoms with Gasteiger partial charge in [0.1, 0.15) is 12.2 Å². The molecule has 1 aromatic carbocycles. The topological polar surface area (TPSA) is 97.5 Å². The summed E-state index contributed by atoms with van der Waals surface area (Å²) in [4.78, 5) is 36.1. The summed E-state index contributed by atoms with van der Waals surface area (Å²) in [7, 11) is 1.96. The zero-order chi connectivity index (χ0) is 22.5. The number of fused-ring (bicyclic) bond motifs is 2. The van der Waals surface area contributed by atoms with Crippen molar-refractivity contribution >= 4 is 43.9 Å². The van der Waals surface area contributed by atoms with Crippen LogP contribution < -0.4 is 10.6 Å². The molecule has 1 saturated heterocycles. The molecular weight excluding hydrogens is 484 g/mol. The number of aryl methyl sites for hydroxylation is 1. The molecular formula is C23H21BrN8O. The molecule has 166 valence electrons. The highest BCUT2D eigenvalue weighted by molar-refractivity contribution is 9.10. The molecule has 0 aliphatic carbocycles. The number of aromatic nitrogens is 7. The van der Waals surface area contributed by atoms with Crippen LogP contribution in [0.4, 0.5) is 5.82 Å². The summed E-state index contributed by atoms with van der Waals surface area (Å²) < 4.78 is 4.77. The largest absolute Gasteiger partial charge is 0.355 e. The maximum atomic E-state index is 12.6. The first-order valence-electron chi connectivity index (χ1n) is 10.8. The molecule has 0 saturated carbocycles. The first-order chi connectivity index (χ1) is 16.1. The Morgan fingerprint density at radius 2 is 1.94 bits per heavy atom. The van der Waals surface area contributed by atoms with Crippen LogP contribution in [-0.2, 0) is 7.05 Å². The Labute approximate surface area is 197 Å². The number of halogens is 1. The Morgan fingerprint density at radius 3 is 2.76 bits per heavy atom. The van der Waals surface area contributed by atoms with E-state index in [0.717, 1.165) is 69.8 Å². The average molecular weight is 505 g/mol. The smallest absolute Gasteiger partial charge is 0.326 e. The number of hydrogen-bond acceptors (Lipinski definition) is 6. The van der Waals surface area contributed by atoms with Gasteiger partial charge in [0.15, 0.2) is 17.0 Å². The predicted molar refractivity (Wildman–Crippen MR) is 130 cm³/mol. The summed E-state index contributed by atoms with van der Waals surface area (Å²) in [6, 6.07) is 9.99. The third-order valence-corrected chi connectivity index (χ3v) is 6.79. The number of imidazole rings is 2. The third-order valence-electron chi connectivity index (χ3n) is 6.35. The van der Waals surface area contributed by atoms with Gasteiger partial charge in [-0.3, -0.25) is 9.55 Å². The van der Waals surface area contributed by atoms with Gasteiger partial charge in [-0.2, -0.15) is 0 Å². The van der Waals surface area contributed by atoms with Crippen LogP contribution in [0, 0.1) is 0 Å². The van der Waals surface area contributed by atoms with Gasteiger partial charge in [0.25, 0.3) is 0 Å². The van der Waals surface area contributed by atoms with Gasteiger partial charge in [0, 0.05) is 48.6 Å². The molecule has 0 atom stereocenters. The van der Waals surface area contributed by atoms with E-state index in [0.29, 0.717) is 0 Å². The van der Waals surface area contributed by atoms with Crippen LogP contribution in [0.1, 0.15) is 18.9 Å². The van der Waals surface area contributed by atoms with Gasteiger partial charge in [-0.25, -0.2) is 19.7 Å². The van der Waals surface area contributed by atoms with E-state index in [1.807, 2.05) is 46.5 Å². The summed E-state index contributed by atoms with van der Waals surface area (Å²) in [6.45, 7) is 1.57. The van der Waals surface area contributed by atoms with Crippen molar-refractivity contribution in [3.63, 3.8) is 0 Å². The molecule has 1 aliphatic heterocycles. The van der Waals surface area contributed by atoms with Gasteiger partial charge in [0.05, 0.1) is 11.0 Å². The lowest BCUT2D eigenvalue weighted by atomic mass is 10.0. The van der Waals surface area contributed by atoms with Crippen molar-refractivity contribution in [3.8, 4) is 11.4 Å². The second-order valence-corrected chi connectivity index (χ2v) is 9.21. The van der Waals surface area contributed by atoms with Crippen molar-refractivity contribution in [2.45, 2.75) is 18.9 Å². The second-order valence-electron chi connectivity index (χ2n) is 8.29. The van der Waals surface area contributed by atoms with Crippen molar-refractivity contribution in [2.24, 2.45) is 7.05 Å². The minimum atomic E-state index is -0.0453. The highest BCUT2D eigenvalue weighted by atomic mass is 79.9. The van der Waals surface area contributed by atoms with Crippen LogP contribution in [0.15, 0.2) is 58.3 Å². The van der Waals surface area contributed by atoms with E-state index in [9.17, 15) is 4.79 Å². The first-order valence-corrected chi connectivity index (χ1v) is 11.6. The third kappa shape index (κ3) is 3.32. The van der Waals surface area contributed by atoms with E-state index >= 15 is 0 Å². The number of benzene rings is 1. The number of hydrogen-bond donors (Lipinski definition) is 1. The molecule has 1 fully saturated rings. The summed E-state index contributed by atoms with van der Waals surface area (Å²) >= 11 is 3.48. The molecule has 1 aliphatic rings. The fourth-order valence-electron chi connectivity index (χ4n) is 4.78. The maximum absolute atomic E-state index is 12.6. The number of H-pyrrole nitrogens is 1. The summed E-state index contributed by atoms with van der Waals surface area (Å²) in [5, 5.41) is 0. The van der Waals surface area contributed by atoms with Crippen molar-refractivity contribution < 1.29 is 0 Å². The lowest BCUT2D eigenvalue weighted by Gasteiger charge is -2.33. The normalized spacial score (nSPS) is 15.0. The zero-order valence-corrected chi connectivity index (χ0v) is 19.5. The Bertz CT molecular complexity index is 1540. The fraction of sp³-hybridized carbons (Fsp3) is 0.261. The molecule has 6 rings (SSSR count). The quantitative estimate of drug-likeness (QED) is 0.402. The molecule has 5 heterocycles. The van der Waals surface area contributed by atoms with Crippen molar-refractivity contribution in [3.05, 3.63) is 64.0 Å². The highest BCUT2D eigenvalue weighted by Crippen LogP contribution is 2.32. The van der Waals surface area contributed by atoms with Gasteiger partial charge in [-0.05, 0) is 47.0 Å². The molecule has 4 aromatic heterocycles. The molecule has 0 amide bonds. The van der Waals surface area contributed by atoms with E-state index in [2.05, 4.69) is 40.8 Å². The van der Waals surface area contributed by atoms with Crippen molar-refractivity contribution in [1.29, 1.82) is 0 Å². The van der Waals surface area contributed by atoms with Crippen LogP contribution in [0.25, 0.3) is 33.6 Å². The minimum absolute atomic E-state index is 0.0453. The van der Waals surface area contributed by atoms with Gasteiger partial charge >= 0.3 is 5.69 Å². The van der Waals surface area contributed by atoms with Gasteiger partial charge in [-0.15, -0.1) is 0 Å².